The Kier molecular flexibility index (Phi) is 8.30. The molecule has 0 heterocycles. The van der Waals surface area contributed by atoms with E-state index in [9.17, 15) is 9.59 Å². The topological polar surface area (TPSA) is 140 Å². The maximum absolute atomic E-state index is 12.0. The van der Waals surface area contributed by atoms with Gasteiger partial charge in [0.25, 0.3) is 0 Å². The number of guanidine groups is 1. The van der Waals surface area contributed by atoms with E-state index in [4.69, 9.17) is 16.2 Å². The summed E-state index contributed by atoms with van der Waals surface area (Å²) in [4.78, 5) is 23.1. The summed E-state index contributed by atoms with van der Waals surface area (Å²) in [6.45, 7) is 4.16. The summed E-state index contributed by atoms with van der Waals surface area (Å²) in [5.41, 5.74) is 5.12. The molecular weight excluding hydrogens is 262 g/mol. The molecule has 7 N–H and O–H groups in total. The van der Waals surface area contributed by atoms with Crippen LogP contribution in [0, 0.1) is 11.3 Å². The highest BCUT2D eigenvalue weighted by Gasteiger charge is 2.25. The summed E-state index contributed by atoms with van der Waals surface area (Å²) in [6.07, 6.45) is 0.763. The number of carbonyl (C=O) groups excluding carboxylic acids is 1. The van der Waals surface area contributed by atoms with Crippen molar-refractivity contribution in [1.82, 2.24) is 16.0 Å². The predicted molar refractivity (Wildman–Crippen MR) is 76.4 cm³/mol. The Balaban J connectivity index is 4.36. The zero-order chi connectivity index (χ0) is 15.7. The van der Waals surface area contributed by atoms with Crippen molar-refractivity contribution < 1.29 is 14.7 Å². The van der Waals surface area contributed by atoms with Gasteiger partial charge in [0.1, 0.15) is 6.04 Å². The second-order valence-electron chi connectivity index (χ2n) is 4.89. The van der Waals surface area contributed by atoms with Crippen molar-refractivity contribution in [2.24, 2.45) is 11.7 Å². The van der Waals surface area contributed by atoms with Crippen molar-refractivity contribution >= 4 is 17.8 Å². The SMILES string of the molecule is CN[C@@H](C(=O)N[C@@H](CCCNC(=N)N)C(=O)O)C(C)C. The number of likely N-dealkylation sites (N-methyl/N-ethyl adjacent to an activating group) is 1. The first-order valence-electron chi connectivity index (χ1n) is 6.58. The molecule has 0 saturated carbocycles. The van der Waals surface area contributed by atoms with E-state index in [1.165, 1.54) is 0 Å². The number of amides is 1. The largest absolute Gasteiger partial charge is 0.480 e. The van der Waals surface area contributed by atoms with Crippen LogP contribution in [0.25, 0.3) is 0 Å². The highest BCUT2D eigenvalue weighted by atomic mass is 16.4. The van der Waals surface area contributed by atoms with Crippen molar-refractivity contribution in [2.45, 2.75) is 38.8 Å². The molecule has 0 saturated heterocycles. The van der Waals surface area contributed by atoms with E-state index in [1.807, 2.05) is 13.8 Å². The minimum absolute atomic E-state index is 0.0637. The van der Waals surface area contributed by atoms with E-state index in [0.717, 1.165) is 0 Å². The molecule has 0 unspecified atom stereocenters. The quantitative estimate of drug-likeness (QED) is 0.184. The molecule has 2 atom stereocenters. The Hall–Kier alpha value is -1.83. The number of carboxylic acids is 1. The first kappa shape index (κ1) is 18.2. The number of nitrogens with two attached hydrogens (primary N) is 1. The molecule has 0 aromatic rings. The van der Waals surface area contributed by atoms with Crippen LogP contribution in [0.15, 0.2) is 0 Å². The summed E-state index contributed by atoms with van der Waals surface area (Å²) in [5, 5.41) is 24.1. The fourth-order valence-corrected chi connectivity index (χ4v) is 1.82. The zero-order valence-corrected chi connectivity index (χ0v) is 12.2. The molecule has 20 heavy (non-hydrogen) atoms. The minimum atomic E-state index is -1.07. The molecular formula is C12H25N5O3. The Labute approximate surface area is 119 Å². The van der Waals surface area contributed by atoms with Crippen LogP contribution in [0.1, 0.15) is 26.7 Å². The first-order valence-corrected chi connectivity index (χ1v) is 6.58. The number of aliphatic carboxylic acids is 1. The van der Waals surface area contributed by atoms with Gasteiger partial charge in [-0.25, -0.2) is 4.79 Å². The van der Waals surface area contributed by atoms with Gasteiger partial charge in [-0.15, -0.1) is 0 Å². The van der Waals surface area contributed by atoms with Gasteiger partial charge < -0.3 is 26.8 Å². The maximum atomic E-state index is 12.0. The molecule has 0 aromatic heterocycles. The van der Waals surface area contributed by atoms with E-state index in [1.54, 1.807) is 7.05 Å². The van der Waals surface area contributed by atoms with Crippen LogP contribution in [0.2, 0.25) is 0 Å². The van der Waals surface area contributed by atoms with Gasteiger partial charge >= 0.3 is 5.97 Å². The predicted octanol–water partition coefficient (Wildman–Crippen LogP) is -0.937. The van der Waals surface area contributed by atoms with Crippen molar-refractivity contribution in [1.29, 1.82) is 5.41 Å². The zero-order valence-electron chi connectivity index (χ0n) is 12.2. The van der Waals surface area contributed by atoms with Crippen LogP contribution in [-0.2, 0) is 9.59 Å². The van der Waals surface area contributed by atoms with E-state index >= 15 is 0 Å². The highest BCUT2D eigenvalue weighted by molar-refractivity contribution is 5.87. The standard InChI is InChI=1S/C12H25N5O3/c1-7(2)9(15-3)10(18)17-8(11(19)20)5-4-6-16-12(13)14/h7-9,15H,4-6H2,1-3H3,(H,17,18)(H,19,20)(H4,13,14,16)/t8-,9+/m0/s1. The number of nitrogens with one attached hydrogen (secondary N) is 4. The van der Waals surface area contributed by atoms with Gasteiger partial charge in [-0.05, 0) is 25.8 Å². The third-order valence-corrected chi connectivity index (χ3v) is 2.86. The Bertz CT molecular complexity index is 346. The molecule has 1 amide bonds. The van der Waals surface area contributed by atoms with Crippen molar-refractivity contribution in [2.75, 3.05) is 13.6 Å². The molecule has 0 spiro atoms. The molecule has 0 radical (unpaired) electrons. The molecule has 0 aliphatic carbocycles. The Morgan fingerprint density at radius 2 is 1.95 bits per heavy atom. The first-order chi connectivity index (χ1) is 9.29. The van der Waals surface area contributed by atoms with Gasteiger partial charge in [-0.1, -0.05) is 13.8 Å². The lowest BCUT2D eigenvalue weighted by Gasteiger charge is -2.22. The summed E-state index contributed by atoms with van der Waals surface area (Å²) in [5.74, 6) is -1.49. The molecule has 8 nitrogen and oxygen atoms in total. The second-order valence-corrected chi connectivity index (χ2v) is 4.89. The van der Waals surface area contributed by atoms with Crippen LogP contribution < -0.4 is 21.7 Å². The summed E-state index contributed by atoms with van der Waals surface area (Å²) >= 11 is 0. The molecule has 0 aliphatic heterocycles. The third-order valence-electron chi connectivity index (χ3n) is 2.86. The minimum Gasteiger partial charge on any atom is -0.480 e. The van der Waals surface area contributed by atoms with Gasteiger partial charge in [0.2, 0.25) is 5.91 Å². The van der Waals surface area contributed by atoms with Crippen LogP contribution in [0.3, 0.4) is 0 Å². The van der Waals surface area contributed by atoms with Gasteiger partial charge in [-0.2, -0.15) is 0 Å². The molecule has 0 bridgehead atoms. The lowest BCUT2D eigenvalue weighted by Crippen LogP contribution is -2.51. The molecule has 116 valence electrons. The second kappa shape index (κ2) is 9.13. The molecule has 0 aliphatic rings. The Morgan fingerprint density at radius 1 is 1.35 bits per heavy atom. The molecule has 8 heteroatoms. The van der Waals surface area contributed by atoms with Crippen molar-refractivity contribution in [3.8, 4) is 0 Å². The lowest BCUT2D eigenvalue weighted by molar-refractivity contribution is -0.142. The van der Waals surface area contributed by atoms with Crippen LogP contribution >= 0.6 is 0 Å². The van der Waals surface area contributed by atoms with Crippen LogP contribution in [-0.4, -0.2) is 48.6 Å². The van der Waals surface area contributed by atoms with E-state index in [0.29, 0.717) is 13.0 Å². The summed E-state index contributed by atoms with van der Waals surface area (Å²) in [6, 6.07) is -1.36. The average molecular weight is 287 g/mol. The number of rotatable bonds is 9. The third kappa shape index (κ3) is 6.93. The van der Waals surface area contributed by atoms with Gasteiger partial charge in [0.15, 0.2) is 5.96 Å². The number of hydrogen-bond acceptors (Lipinski definition) is 4. The van der Waals surface area contributed by atoms with E-state index in [2.05, 4.69) is 16.0 Å². The lowest BCUT2D eigenvalue weighted by atomic mass is 10.0. The number of carbonyl (C=O) groups is 2. The van der Waals surface area contributed by atoms with Gasteiger partial charge in [-0.3, -0.25) is 10.2 Å². The van der Waals surface area contributed by atoms with Crippen molar-refractivity contribution in [3.63, 3.8) is 0 Å². The summed E-state index contributed by atoms with van der Waals surface area (Å²) < 4.78 is 0. The molecule has 0 aromatic carbocycles. The van der Waals surface area contributed by atoms with Crippen LogP contribution in [0.5, 0.6) is 0 Å². The average Bonchev–Trinajstić information content (AvgIpc) is 2.32. The number of carboxylic acid groups (broad SMARTS) is 1. The maximum Gasteiger partial charge on any atom is 0.326 e. The highest BCUT2D eigenvalue weighted by Crippen LogP contribution is 2.03. The Morgan fingerprint density at radius 3 is 2.35 bits per heavy atom. The van der Waals surface area contributed by atoms with E-state index in [-0.39, 0.29) is 24.2 Å². The van der Waals surface area contributed by atoms with Gasteiger partial charge in [0, 0.05) is 6.54 Å². The number of hydrogen-bond donors (Lipinski definition) is 6. The fraction of sp³-hybridized carbons (Fsp3) is 0.750. The molecule has 0 fully saturated rings. The van der Waals surface area contributed by atoms with E-state index < -0.39 is 18.1 Å². The van der Waals surface area contributed by atoms with Crippen molar-refractivity contribution in [3.05, 3.63) is 0 Å². The molecule has 0 rings (SSSR count). The smallest absolute Gasteiger partial charge is 0.326 e. The van der Waals surface area contributed by atoms with Crippen LogP contribution in [0.4, 0.5) is 0 Å². The van der Waals surface area contributed by atoms with Gasteiger partial charge in [0.05, 0.1) is 6.04 Å². The monoisotopic (exact) mass is 287 g/mol. The normalized spacial score (nSPS) is 13.6. The summed E-state index contributed by atoms with van der Waals surface area (Å²) in [7, 11) is 1.66. The fourth-order valence-electron chi connectivity index (χ4n) is 1.82.